The lowest BCUT2D eigenvalue weighted by Crippen LogP contribution is -2.39. The van der Waals surface area contributed by atoms with Crippen LogP contribution in [0.2, 0.25) is 0 Å². The first kappa shape index (κ1) is 15.1. The minimum atomic E-state index is -3.25. The molecular weight excluding hydrogens is 248 g/mol. The fraction of sp³-hybridized carbons (Fsp3) is 0.538. The third-order valence-corrected chi connectivity index (χ3v) is 4.96. The second-order valence-electron chi connectivity index (χ2n) is 4.29. The molecule has 18 heavy (non-hydrogen) atoms. The first-order valence-corrected chi connectivity index (χ1v) is 7.87. The van der Waals surface area contributed by atoms with Crippen molar-refractivity contribution in [2.75, 3.05) is 13.1 Å². The number of nitrogens with one attached hydrogen (secondary N) is 1. The van der Waals surface area contributed by atoms with Crippen LogP contribution in [-0.4, -0.2) is 26.8 Å². The van der Waals surface area contributed by atoms with E-state index in [2.05, 4.69) is 4.72 Å². The third kappa shape index (κ3) is 4.76. The zero-order valence-corrected chi connectivity index (χ0v) is 11.6. The van der Waals surface area contributed by atoms with Gasteiger partial charge in [-0.3, -0.25) is 0 Å². The average Bonchev–Trinajstić information content (AvgIpc) is 2.37. The Hall–Kier alpha value is -0.910. The highest BCUT2D eigenvalue weighted by molar-refractivity contribution is 7.90. The van der Waals surface area contributed by atoms with Crippen molar-refractivity contribution in [3.05, 3.63) is 35.9 Å². The molecule has 0 aliphatic heterocycles. The molecule has 1 atom stereocenters. The number of sulfonamides is 1. The predicted molar refractivity (Wildman–Crippen MR) is 74.8 cm³/mol. The SMILES string of the molecule is CCC(CN)S(=O)(=O)NCCCc1ccccc1. The monoisotopic (exact) mass is 270 g/mol. The molecule has 0 fully saturated rings. The quantitative estimate of drug-likeness (QED) is 0.699. The second-order valence-corrected chi connectivity index (χ2v) is 6.34. The summed E-state index contributed by atoms with van der Waals surface area (Å²) in [6, 6.07) is 10.0. The summed E-state index contributed by atoms with van der Waals surface area (Å²) in [5.74, 6) is 0. The Bertz CT molecular complexity index is 428. The van der Waals surface area contributed by atoms with Crippen molar-refractivity contribution in [1.29, 1.82) is 0 Å². The summed E-state index contributed by atoms with van der Waals surface area (Å²) in [5.41, 5.74) is 6.67. The Kier molecular flexibility index (Phi) is 6.32. The fourth-order valence-electron chi connectivity index (χ4n) is 1.78. The first-order valence-electron chi connectivity index (χ1n) is 6.32. The number of rotatable bonds is 8. The summed E-state index contributed by atoms with van der Waals surface area (Å²) in [6.45, 7) is 2.47. The van der Waals surface area contributed by atoms with Gasteiger partial charge in [0.2, 0.25) is 10.0 Å². The zero-order valence-electron chi connectivity index (χ0n) is 10.8. The Morgan fingerprint density at radius 1 is 1.28 bits per heavy atom. The molecule has 0 aliphatic rings. The second kappa shape index (κ2) is 7.51. The molecule has 1 unspecified atom stereocenters. The van der Waals surface area contributed by atoms with Crippen molar-refractivity contribution in [2.24, 2.45) is 5.73 Å². The highest BCUT2D eigenvalue weighted by Gasteiger charge is 2.20. The molecular formula is C13H22N2O2S. The summed E-state index contributed by atoms with van der Waals surface area (Å²) < 4.78 is 26.2. The van der Waals surface area contributed by atoms with E-state index in [1.807, 2.05) is 37.3 Å². The van der Waals surface area contributed by atoms with Gasteiger partial charge in [-0.1, -0.05) is 37.3 Å². The maximum Gasteiger partial charge on any atom is 0.215 e. The van der Waals surface area contributed by atoms with E-state index in [0.717, 1.165) is 12.8 Å². The van der Waals surface area contributed by atoms with Crippen molar-refractivity contribution in [2.45, 2.75) is 31.4 Å². The fourth-order valence-corrected chi connectivity index (χ4v) is 3.14. The van der Waals surface area contributed by atoms with Crippen molar-refractivity contribution in [3.8, 4) is 0 Å². The summed E-state index contributed by atoms with van der Waals surface area (Å²) in [5, 5.41) is -0.478. The van der Waals surface area contributed by atoms with E-state index in [4.69, 9.17) is 5.73 Å². The van der Waals surface area contributed by atoms with E-state index in [1.54, 1.807) is 0 Å². The van der Waals surface area contributed by atoms with E-state index in [0.29, 0.717) is 13.0 Å². The molecule has 1 aromatic carbocycles. The zero-order chi connectivity index (χ0) is 13.4. The smallest absolute Gasteiger partial charge is 0.215 e. The minimum Gasteiger partial charge on any atom is -0.329 e. The number of hydrogen-bond donors (Lipinski definition) is 2. The number of aryl methyl sites for hydroxylation is 1. The normalized spacial score (nSPS) is 13.4. The standard InChI is InChI=1S/C13H22N2O2S/c1-2-13(11-14)18(16,17)15-10-6-9-12-7-4-3-5-8-12/h3-5,7-8,13,15H,2,6,9-11,14H2,1H3. The van der Waals surface area contributed by atoms with Crippen LogP contribution in [0.5, 0.6) is 0 Å². The molecule has 4 nitrogen and oxygen atoms in total. The van der Waals surface area contributed by atoms with Crippen LogP contribution in [0.4, 0.5) is 0 Å². The number of hydrogen-bond acceptors (Lipinski definition) is 3. The van der Waals surface area contributed by atoms with Crippen molar-refractivity contribution in [1.82, 2.24) is 4.72 Å². The largest absolute Gasteiger partial charge is 0.329 e. The van der Waals surface area contributed by atoms with Crippen LogP contribution in [0.15, 0.2) is 30.3 Å². The van der Waals surface area contributed by atoms with Crippen LogP contribution in [0, 0.1) is 0 Å². The van der Waals surface area contributed by atoms with Gasteiger partial charge < -0.3 is 5.73 Å². The van der Waals surface area contributed by atoms with Crippen LogP contribution in [-0.2, 0) is 16.4 Å². The predicted octanol–water partition coefficient (Wildman–Crippen LogP) is 1.28. The van der Waals surface area contributed by atoms with Crippen molar-refractivity contribution in [3.63, 3.8) is 0 Å². The van der Waals surface area contributed by atoms with Gasteiger partial charge in [0, 0.05) is 13.1 Å². The Labute approximate surface area is 110 Å². The summed E-state index contributed by atoms with van der Waals surface area (Å²) >= 11 is 0. The lowest BCUT2D eigenvalue weighted by molar-refractivity contribution is 0.559. The first-order chi connectivity index (χ1) is 8.60. The molecule has 0 aliphatic carbocycles. The highest BCUT2D eigenvalue weighted by atomic mass is 32.2. The van der Waals surface area contributed by atoms with E-state index in [-0.39, 0.29) is 6.54 Å². The summed E-state index contributed by atoms with van der Waals surface area (Å²) in [4.78, 5) is 0. The van der Waals surface area contributed by atoms with Crippen molar-refractivity contribution < 1.29 is 8.42 Å². The van der Waals surface area contributed by atoms with Gasteiger partial charge in [0.25, 0.3) is 0 Å². The van der Waals surface area contributed by atoms with Crippen LogP contribution in [0.25, 0.3) is 0 Å². The van der Waals surface area contributed by atoms with Gasteiger partial charge in [0.15, 0.2) is 0 Å². The van der Waals surface area contributed by atoms with Gasteiger partial charge in [-0.2, -0.15) is 0 Å². The van der Waals surface area contributed by atoms with E-state index < -0.39 is 15.3 Å². The lowest BCUT2D eigenvalue weighted by atomic mass is 10.1. The van der Waals surface area contributed by atoms with Crippen molar-refractivity contribution >= 4 is 10.0 Å². The van der Waals surface area contributed by atoms with E-state index in [9.17, 15) is 8.42 Å². The Morgan fingerprint density at radius 3 is 2.50 bits per heavy atom. The molecule has 0 bridgehead atoms. The Balaban J connectivity index is 2.34. The molecule has 3 N–H and O–H groups in total. The molecule has 0 aromatic heterocycles. The maximum atomic E-state index is 11.8. The molecule has 0 saturated heterocycles. The van der Waals surface area contributed by atoms with Gasteiger partial charge in [-0.25, -0.2) is 13.1 Å². The average molecular weight is 270 g/mol. The van der Waals surface area contributed by atoms with Gasteiger partial charge in [0.05, 0.1) is 5.25 Å². The molecule has 1 rings (SSSR count). The van der Waals surface area contributed by atoms with Gasteiger partial charge >= 0.3 is 0 Å². The molecule has 0 radical (unpaired) electrons. The highest BCUT2D eigenvalue weighted by Crippen LogP contribution is 2.04. The van der Waals surface area contributed by atoms with Gasteiger partial charge in [0.1, 0.15) is 0 Å². The minimum absolute atomic E-state index is 0.171. The molecule has 0 spiro atoms. The maximum absolute atomic E-state index is 11.8. The number of nitrogens with two attached hydrogens (primary N) is 1. The summed E-state index contributed by atoms with van der Waals surface area (Å²) in [6.07, 6.45) is 2.22. The molecule has 102 valence electrons. The Morgan fingerprint density at radius 2 is 1.94 bits per heavy atom. The lowest BCUT2D eigenvalue weighted by Gasteiger charge is -2.14. The van der Waals surface area contributed by atoms with E-state index in [1.165, 1.54) is 5.56 Å². The van der Waals surface area contributed by atoms with Crippen LogP contribution < -0.4 is 10.5 Å². The van der Waals surface area contributed by atoms with Gasteiger partial charge in [-0.15, -0.1) is 0 Å². The van der Waals surface area contributed by atoms with Crippen LogP contribution >= 0.6 is 0 Å². The molecule has 0 amide bonds. The molecule has 1 aromatic rings. The third-order valence-electron chi connectivity index (χ3n) is 2.95. The topological polar surface area (TPSA) is 72.2 Å². The van der Waals surface area contributed by atoms with E-state index >= 15 is 0 Å². The molecule has 5 heteroatoms. The summed E-state index contributed by atoms with van der Waals surface area (Å²) in [7, 11) is -3.25. The van der Waals surface area contributed by atoms with Crippen LogP contribution in [0.1, 0.15) is 25.3 Å². The van der Waals surface area contributed by atoms with Gasteiger partial charge in [-0.05, 0) is 24.8 Å². The molecule has 0 heterocycles. The van der Waals surface area contributed by atoms with Crippen LogP contribution in [0.3, 0.4) is 0 Å². The molecule has 0 saturated carbocycles. The number of benzene rings is 1.